The van der Waals surface area contributed by atoms with Crippen LogP contribution in [-0.2, 0) is 19.5 Å². The van der Waals surface area contributed by atoms with Crippen LogP contribution in [0.3, 0.4) is 0 Å². The molecule has 1 aromatic rings. The van der Waals surface area contributed by atoms with Gasteiger partial charge in [0.15, 0.2) is 0 Å². The van der Waals surface area contributed by atoms with Crippen LogP contribution in [0.4, 0.5) is 0 Å². The van der Waals surface area contributed by atoms with Gasteiger partial charge in [0.2, 0.25) is 0 Å². The van der Waals surface area contributed by atoms with Crippen LogP contribution in [0.5, 0.6) is 0 Å². The summed E-state index contributed by atoms with van der Waals surface area (Å²) in [7, 11) is -2.89. The van der Waals surface area contributed by atoms with Gasteiger partial charge in [0.1, 0.15) is 12.7 Å². The van der Waals surface area contributed by atoms with Crippen LogP contribution in [0.1, 0.15) is 13.8 Å². The summed E-state index contributed by atoms with van der Waals surface area (Å²) < 4.78 is 24.2. The largest absolute Gasteiger partial charge is 0.331 e. The molecule has 0 saturated carbocycles. The second kappa shape index (κ2) is 7.87. The number of hydrogen-bond donors (Lipinski definition) is 0. The standard InChI is InChI=1S/C9H18N3O3PS/c1-3-14-16(13,15-4-2)5-6-17-9-12-8-10-7-11-12/h7-8H,3-6,9H2,1-2H3. The molecule has 1 rings (SSSR count). The number of rotatable bonds is 9. The second-order valence-corrected chi connectivity index (χ2v) is 6.40. The molecular weight excluding hydrogens is 261 g/mol. The fourth-order valence-corrected chi connectivity index (χ4v) is 4.17. The number of hydrogen-bond acceptors (Lipinski definition) is 6. The van der Waals surface area contributed by atoms with E-state index in [0.29, 0.717) is 31.0 Å². The minimum absolute atomic E-state index is 0.408. The predicted molar refractivity (Wildman–Crippen MR) is 68.2 cm³/mol. The smallest absolute Gasteiger partial charge is 0.309 e. The van der Waals surface area contributed by atoms with E-state index in [4.69, 9.17) is 9.05 Å². The molecule has 0 N–H and O–H groups in total. The van der Waals surface area contributed by atoms with Crippen LogP contribution in [0.2, 0.25) is 0 Å². The van der Waals surface area contributed by atoms with Crippen molar-refractivity contribution in [2.24, 2.45) is 0 Å². The lowest BCUT2D eigenvalue weighted by Gasteiger charge is -2.16. The van der Waals surface area contributed by atoms with Gasteiger partial charge in [-0.1, -0.05) is 0 Å². The van der Waals surface area contributed by atoms with Crippen LogP contribution < -0.4 is 0 Å². The highest BCUT2D eigenvalue weighted by Crippen LogP contribution is 2.48. The van der Waals surface area contributed by atoms with Gasteiger partial charge in [-0.25, -0.2) is 9.67 Å². The first-order valence-corrected chi connectivity index (χ1v) is 8.36. The molecule has 0 fully saturated rings. The number of nitrogens with zero attached hydrogens (tertiary/aromatic N) is 3. The van der Waals surface area contributed by atoms with E-state index in [1.807, 2.05) is 13.8 Å². The van der Waals surface area contributed by atoms with Crippen molar-refractivity contribution >= 4 is 19.4 Å². The van der Waals surface area contributed by atoms with Gasteiger partial charge >= 0.3 is 7.60 Å². The monoisotopic (exact) mass is 279 g/mol. The lowest BCUT2D eigenvalue weighted by Crippen LogP contribution is -2.03. The molecule has 0 bridgehead atoms. The average molecular weight is 279 g/mol. The molecule has 1 heterocycles. The quantitative estimate of drug-likeness (QED) is 0.510. The fraction of sp³-hybridized carbons (Fsp3) is 0.778. The SMILES string of the molecule is CCOP(=O)(CCSCn1cncn1)OCC. The topological polar surface area (TPSA) is 66.2 Å². The molecule has 0 radical (unpaired) electrons. The zero-order valence-corrected chi connectivity index (χ0v) is 11.8. The lowest BCUT2D eigenvalue weighted by atomic mass is 10.9. The molecule has 0 unspecified atom stereocenters. The molecular formula is C9H18N3O3PS. The minimum Gasteiger partial charge on any atom is -0.309 e. The van der Waals surface area contributed by atoms with Crippen molar-refractivity contribution in [3.05, 3.63) is 12.7 Å². The lowest BCUT2D eigenvalue weighted by molar-refractivity contribution is 0.221. The van der Waals surface area contributed by atoms with Crippen LogP contribution in [0.15, 0.2) is 12.7 Å². The summed E-state index contributed by atoms with van der Waals surface area (Å²) in [5.74, 6) is 1.40. The normalized spacial score (nSPS) is 11.9. The van der Waals surface area contributed by atoms with Crippen LogP contribution >= 0.6 is 19.4 Å². The summed E-state index contributed by atoms with van der Waals surface area (Å²) in [6.07, 6.45) is 3.57. The van der Waals surface area contributed by atoms with E-state index in [9.17, 15) is 4.57 Å². The Morgan fingerprint density at radius 2 is 2.06 bits per heavy atom. The third-order valence-electron chi connectivity index (χ3n) is 1.85. The molecule has 98 valence electrons. The van der Waals surface area contributed by atoms with Crippen molar-refractivity contribution in [2.75, 3.05) is 25.1 Å². The highest BCUT2D eigenvalue weighted by atomic mass is 32.2. The zero-order chi connectivity index (χ0) is 12.6. The maximum absolute atomic E-state index is 12.1. The molecule has 0 aliphatic carbocycles. The van der Waals surface area contributed by atoms with Gasteiger partial charge in [-0.05, 0) is 13.8 Å². The summed E-state index contributed by atoms with van der Waals surface area (Å²) in [6, 6.07) is 0. The Balaban J connectivity index is 2.25. The van der Waals surface area contributed by atoms with Crippen molar-refractivity contribution in [3.63, 3.8) is 0 Å². The first kappa shape index (κ1) is 14.7. The van der Waals surface area contributed by atoms with Gasteiger partial charge in [-0.15, -0.1) is 11.8 Å². The molecule has 0 atom stereocenters. The minimum atomic E-state index is -2.89. The van der Waals surface area contributed by atoms with Gasteiger partial charge in [0.05, 0.1) is 25.3 Å². The van der Waals surface area contributed by atoms with E-state index < -0.39 is 7.60 Å². The Bertz CT molecular complexity index is 337. The molecule has 0 aromatic carbocycles. The Morgan fingerprint density at radius 3 is 2.59 bits per heavy atom. The van der Waals surface area contributed by atoms with Gasteiger partial charge in [-0.2, -0.15) is 5.10 Å². The van der Waals surface area contributed by atoms with Gasteiger partial charge in [0, 0.05) is 5.75 Å². The van der Waals surface area contributed by atoms with E-state index in [1.54, 1.807) is 22.8 Å². The van der Waals surface area contributed by atoms with Crippen LogP contribution in [0.25, 0.3) is 0 Å². The third-order valence-corrected chi connectivity index (χ3v) is 5.17. The molecule has 0 saturated heterocycles. The maximum Gasteiger partial charge on any atom is 0.331 e. The average Bonchev–Trinajstić information content (AvgIpc) is 2.78. The summed E-state index contributed by atoms with van der Waals surface area (Å²) in [5.41, 5.74) is 0. The molecule has 0 amide bonds. The molecule has 0 aliphatic rings. The molecule has 6 nitrogen and oxygen atoms in total. The van der Waals surface area contributed by atoms with E-state index in [0.717, 1.165) is 0 Å². The van der Waals surface area contributed by atoms with Crippen molar-refractivity contribution in [2.45, 2.75) is 19.7 Å². The Kier molecular flexibility index (Phi) is 6.80. The predicted octanol–water partition coefficient (Wildman–Crippen LogP) is 2.23. The van der Waals surface area contributed by atoms with Gasteiger partial charge in [-0.3, -0.25) is 4.57 Å². The Labute approximate surface area is 106 Å². The second-order valence-electron chi connectivity index (χ2n) is 3.14. The molecule has 8 heteroatoms. The summed E-state index contributed by atoms with van der Waals surface area (Å²) in [6.45, 7) is 4.44. The van der Waals surface area contributed by atoms with E-state index >= 15 is 0 Å². The molecule has 0 spiro atoms. The Hall–Kier alpha value is -0.360. The van der Waals surface area contributed by atoms with Crippen molar-refractivity contribution in [1.82, 2.24) is 14.8 Å². The maximum atomic E-state index is 12.1. The van der Waals surface area contributed by atoms with Gasteiger partial charge < -0.3 is 9.05 Å². The number of aromatic nitrogens is 3. The Morgan fingerprint density at radius 1 is 1.35 bits per heavy atom. The summed E-state index contributed by atoms with van der Waals surface area (Å²) in [4.78, 5) is 3.84. The van der Waals surface area contributed by atoms with E-state index in [2.05, 4.69) is 10.1 Å². The fourth-order valence-electron chi connectivity index (χ4n) is 1.19. The zero-order valence-electron chi connectivity index (χ0n) is 10.1. The first-order chi connectivity index (χ1) is 8.20. The highest BCUT2D eigenvalue weighted by molar-refractivity contribution is 7.98. The number of thioether (sulfide) groups is 1. The summed E-state index contributed by atoms with van der Waals surface area (Å²) >= 11 is 1.62. The van der Waals surface area contributed by atoms with Crippen LogP contribution in [-0.4, -0.2) is 39.9 Å². The highest BCUT2D eigenvalue weighted by Gasteiger charge is 2.22. The van der Waals surface area contributed by atoms with E-state index in [1.165, 1.54) is 6.33 Å². The molecule has 0 aliphatic heterocycles. The first-order valence-electron chi connectivity index (χ1n) is 5.48. The van der Waals surface area contributed by atoms with Crippen LogP contribution in [0, 0.1) is 0 Å². The molecule has 1 aromatic heterocycles. The van der Waals surface area contributed by atoms with Crippen molar-refractivity contribution in [1.29, 1.82) is 0 Å². The summed E-state index contributed by atoms with van der Waals surface area (Å²) in [5, 5.41) is 3.98. The van der Waals surface area contributed by atoms with Crippen molar-refractivity contribution in [3.8, 4) is 0 Å². The van der Waals surface area contributed by atoms with E-state index in [-0.39, 0.29) is 0 Å². The third kappa shape index (κ3) is 5.68. The van der Waals surface area contributed by atoms with Crippen molar-refractivity contribution < 1.29 is 13.6 Å². The van der Waals surface area contributed by atoms with Gasteiger partial charge in [0.25, 0.3) is 0 Å². The molecule has 17 heavy (non-hydrogen) atoms.